The minimum Gasteiger partial charge on any atom is -0.364 e. The summed E-state index contributed by atoms with van der Waals surface area (Å²) >= 11 is 0. The van der Waals surface area contributed by atoms with Gasteiger partial charge in [0, 0.05) is 17.7 Å². The predicted molar refractivity (Wildman–Crippen MR) is 59.2 cm³/mol. The lowest BCUT2D eigenvalue weighted by atomic mass is 10.1. The molecule has 0 aliphatic rings. The van der Waals surface area contributed by atoms with Crippen LogP contribution in [0.25, 0.3) is 11.3 Å². The Morgan fingerprint density at radius 2 is 2.18 bits per heavy atom. The van der Waals surface area contributed by atoms with E-state index < -0.39 is 10.8 Å². The van der Waals surface area contributed by atoms with Crippen molar-refractivity contribution in [3.8, 4) is 11.3 Å². The van der Waals surface area contributed by atoms with Crippen molar-refractivity contribution in [2.45, 2.75) is 0 Å². The highest BCUT2D eigenvalue weighted by atomic mass is 16.6. The molecule has 3 N–H and O–H groups in total. The summed E-state index contributed by atoms with van der Waals surface area (Å²) in [7, 11) is 0. The highest BCUT2D eigenvalue weighted by molar-refractivity contribution is 5.91. The summed E-state index contributed by atoms with van der Waals surface area (Å²) < 4.78 is 0. The van der Waals surface area contributed by atoms with Crippen molar-refractivity contribution < 1.29 is 9.72 Å². The zero-order valence-electron chi connectivity index (χ0n) is 8.58. The molecule has 2 rings (SSSR count). The van der Waals surface area contributed by atoms with E-state index in [9.17, 15) is 14.9 Å². The van der Waals surface area contributed by atoms with Gasteiger partial charge in [0.1, 0.15) is 5.69 Å². The molecule has 1 aromatic carbocycles. The first-order chi connectivity index (χ1) is 8.08. The van der Waals surface area contributed by atoms with Crippen LogP contribution in [-0.4, -0.2) is 21.0 Å². The molecule has 0 saturated carbocycles. The number of primary amides is 1. The third-order valence-electron chi connectivity index (χ3n) is 2.20. The number of nitrogens with two attached hydrogens (primary N) is 1. The minimum atomic E-state index is -0.630. The van der Waals surface area contributed by atoms with Crippen LogP contribution in [0.3, 0.4) is 0 Å². The minimum absolute atomic E-state index is 0.0360. The smallest absolute Gasteiger partial charge is 0.270 e. The van der Waals surface area contributed by atoms with Crippen molar-refractivity contribution in [2.24, 2.45) is 5.73 Å². The normalized spacial score (nSPS) is 10.1. The molecule has 0 radical (unpaired) electrons. The Labute approximate surface area is 95.4 Å². The summed E-state index contributed by atoms with van der Waals surface area (Å²) in [6.07, 6.45) is 0. The van der Waals surface area contributed by atoms with Crippen LogP contribution in [0, 0.1) is 10.1 Å². The van der Waals surface area contributed by atoms with E-state index in [0.717, 1.165) is 0 Å². The molecule has 7 heteroatoms. The number of carbonyl (C=O) groups excluding carboxylic acids is 1. The molecule has 2 aromatic rings. The molecule has 0 aliphatic heterocycles. The third kappa shape index (κ3) is 2.12. The van der Waals surface area contributed by atoms with Gasteiger partial charge in [0.25, 0.3) is 11.6 Å². The van der Waals surface area contributed by atoms with Gasteiger partial charge < -0.3 is 5.73 Å². The number of carbonyl (C=O) groups is 1. The lowest BCUT2D eigenvalue weighted by molar-refractivity contribution is -0.384. The molecule has 0 aliphatic carbocycles. The van der Waals surface area contributed by atoms with Crippen molar-refractivity contribution in [1.82, 2.24) is 10.2 Å². The summed E-state index contributed by atoms with van der Waals surface area (Å²) in [6.45, 7) is 0. The van der Waals surface area contributed by atoms with Gasteiger partial charge in [-0.05, 0) is 6.07 Å². The number of benzene rings is 1. The van der Waals surface area contributed by atoms with E-state index >= 15 is 0 Å². The number of hydrogen-bond donors (Lipinski definition) is 2. The highest BCUT2D eigenvalue weighted by Crippen LogP contribution is 2.22. The van der Waals surface area contributed by atoms with E-state index in [1.165, 1.54) is 18.2 Å². The Hall–Kier alpha value is -2.70. The molecule has 86 valence electrons. The van der Waals surface area contributed by atoms with E-state index in [0.29, 0.717) is 11.3 Å². The van der Waals surface area contributed by atoms with Gasteiger partial charge in [-0.3, -0.25) is 20.0 Å². The third-order valence-corrected chi connectivity index (χ3v) is 2.20. The Morgan fingerprint density at radius 1 is 1.41 bits per heavy atom. The van der Waals surface area contributed by atoms with E-state index in [1.807, 2.05) is 0 Å². The first kappa shape index (κ1) is 10.8. The van der Waals surface area contributed by atoms with Crippen LogP contribution in [0.4, 0.5) is 5.69 Å². The molecule has 0 bridgehead atoms. The zero-order valence-corrected chi connectivity index (χ0v) is 8.58. The number of nitrogens with one attached hydrogen (secondary N) is 1. The second-order valence-corrected chi connectivity index (χ2v) is 3.34. The SMILES string of the molecule is NC(=O)c1cc(-c2cccc([N+](=O)[O-])c2)n[nH]1. The van der Waals surface area contributed by atoms with Crippen LogP contribution in [0.1, 0.15) is 10.5 Å². The number of aromatic amines is 1. The first-order valence-electron chi connectivity index (χ1n) is 4.68. The van der Waals surface area contributed by atoms with Crippen molar-refractivity contribution in [3.05, 3.63) is 46.1 Å². The van der Waals surface area contributed by atoms with Gasteiger partial charge in [-0.15, -0.1) is 0 Å². The average molecular weight is 232 g/mol. The van der Waals surface area contributed by atoms with Crippen LogP contribution in [0.15, 0.2) is 30.3 Å². The van der Waals surface area contributed by atoms with E-state index in [4.69, 9.17) is 5.73 Å². The monoisotopic (exact) mass is 232 g/mol. The van der Waals surface area contributed by atoms with Gasteiger partial charge in [0.2, 0.25) is 0 Å². The maximum Gasteiger partial charge on any atom is 0.270 e. The molecule has 0 spiro atoms. The Balaban J connectivity index is 2.42. The Kier molecular flexibility index (Phi) is 2.57. The summed E-state index contributed by atoms with van der Waals surface area (Å²) in [5.74, 6) is -0.630. The Morgan fingerprint density at radius 3 is 2.76 bits per heavy atom. The van der Waals surface area contributed by atoms with Crippen molar-refractivity contribution in [2.75, 3.05) is 0 Å². The van der Waals surface area contributed by atoms with Gasteiger partial charge in [-0.1, -0.05) is 12.1 Å². The lowest BCUT2D eigenvalue weighted by Gasteiger charge is -1.95. The van der Waals surface area contributed by atoms with Gasteiger partial charge in [0.15, 0.2) is 0 Å². The second kappa shape index (κ2) is 4.05. The van der Waals surface area contributed by atoms with Gasteiger partial charge in [0.05, 0.1) is 10.6 Å². The van der Waals surface area contributed by atoms with Crippen LogP contribution < -0.4 is 5.73 Å². The number of aromatic nitrogens is 2. The van der Waals surface area contributed by atoms with Crippen molar-refractivity contribution >= 4 is 11.6 Å². The molecule has 7 nitrogen and oxygen atoms in total. The number of rotatable bonds is 3. The van der Waals surface area contributed by atoms with Crippen LogP contribution >= 0.6 is 0 Å². The molecule has 0 fully saturated rings. The first-order valence-corrected chi connectivity index (χ1v) is 4.68. The number of nitrogens with zero attached hydrogens (tertiary/aromatic N) is 2. The van der Waals surface area contributed by atoms with Gasteiger partial charge in [-0.25, -0.2) is 0 Å². The summed E-state index contributed by atoms with van der Waals surface area (Å²) in [5, 5.41) is 16.9. The van der Waals surface area contributed by atoms with Crippen LogP contribution in [-0.2, 0) is 0 Å². The molecule has 1 amide bonds. The fourth-order valence-corrected chi connectivity index (χ4v) is 1.37. The van der Waals surface area contributed by atoms with Crippen molar-refractivity contribution in [3.63, 3.8) is 0 Å². The maximum atomic E-state index is 10.9. The summed E-state index contributed by atoms with van der Waals surface area (Å²) in [5.41, 5.74) is 6.16. The fraction of sp³-hybridized carbons (Fsp3) is 0. The average Bonchev–Trinajstić information content (AvgIpc) is 2.78. The van der Waals surface area contributed by atoms with Crippen LogP contribution in [0.5, 0.6) is 0 Å². The van der Waals surface area contributed by atoms with Crippen LogP contribution in [0.2, 0.25) is 0 Å². The van der Waals surface area contributed by atoms with Gasteiger partial charge in [-0.2, -0.15) is 5.10 Å². The molecule has 0 saturated heterocycles. The largest absolute Gasteiger partial charge is 0.364 e. The molecular weight excluding hydrogens is 224 g/mol. The topological polar surface area (TPSA) is 115 Å². The zero-order chi connectivity index (χ0) is 12.4. The standard InChI is InChI=1S/C10H8N4O3/c11-10(15)9-5-8(12-13-9)6-2-1-3-7(4-6)14(16)17/h1-5H,(H2,11,15)(H,12,13). The van der Waals surface area contributed by atoms with E-state index in [1.54, 1.807) is 12.1 Å². The fourth-order valence-electron chi connectivity index (χ4n) is 1.37. The molecule has 0 atom stereocenters. The lowest BCUT2D eigenvalue weighted by Crippen LogP contribution is -2.10. The molecule has 1 heterocycles. The number of hydrogen-bond acceptors (Lipinski definition) is 4. The Bertz CT molecular complexity index is 591. The predicted octanol–water partition coefficient (Wildman–Crippen LogP) is 1.08. The maximum absolute atomic E-state index is 10.9. The number of H-pyrrole nitrogens is 1. The highest BCUT2D eigenvalue weighted by Gasteiger charge is 2.11. The number of amides is 1. The molecule has 0 unspecified atom stereocenters. The molecule has 17 heavy (non-hydrogen) atoms. The molecular formula is C10H8N4O3. The number of non-ortho nitro benzene ring substituents is 1. The van der Waals surface area contributed by atoms with Crippen molar-refractivity contribution in [1.29, 1.82) is 0 Å². The van der Waals surface area contributed by atoms with Gasteiger partial charge >= 0.3 is 0 Å². The van der Waals surface area contributed by atoms with E-state index in [-0.39, 0.29) is 11.4 Å². The molecule has 1 aromatic heterocycles. The van der Waals surface area contributed by atoms with E-state index in [2.05, 4.69) is 10.2 Å². The second-order valence-electron chi connectivity index (χ2n) is 3.34. The number of nitro benzene ring substituents is 1. The summed E-state index contributed by atoms with van der Waals surface area (Å²) in [6, 6.07) is 7.41. The quantitative estimate of drug-likeness (QED) is 0.608. The summed E-state index contributed by atoms with van der Waals surface area (Å²) in [4.78, 5) is 21.0. The number of nitro groups is 1.